The fourth-order valence-electron chi connectivity index (χ4n) is 3.93. The lowest BCUT2D eigenvalue weighted by molar-refractivity contribution is -0.117. The lowest BCUT2D eigenvalue weighted by Crippen LogP contribution is -2.38. The lowest BCUT2D eigenvalue weighted by Gasteiger charge is -2.31. The number of Topliss-reactive ketones (excluding diaryl/α,β-unsaturated/α-hetero) is 1. The molecule has 1 unspecified atom stereocenters. The average molecular weight is 362 g/mol. The van der Waals surface area contributed by atoms with Crippen LogP contribution in [0.5, 0.6) is 0 Å². The largest absolute Gasteiger partial charge is 0.465 e. The molecule has 1 aromatic carbocycles. The van der Waals surface area contributed by atoms with Gasteiger partial charge in [-0.2, -0.15) is 0 Å². The highest BCUT2D eigenvalue weighted by atomic mass is 28.3. The van der Waals surface area contributed by atoms with Crippen molar-refractivity contribution in [3.63, 3.8) is 0 Å². The zero-order valence-electron chi connectivity index (χ0n) is 15.8. The highest BCUT2D eigenvalue weighted by molar-refractivity contribution is 6.80. The maximum atomic E-state index is 12.6. The minimum atomic E-state index is -2.00. The Morgan fingerprint density at radius 2 is 1.64 bits per heavy atom. The third-order valence-electron chi connectivity index (χ3n) is 4.80. The van der Waals surface area contributed by atoms with E-state index in [2.05, 4.69) is 19.6 Å². The number of fused-ring (bicyclic) bond motifs is 1. The summed E-state index contributed by atoms with van der Waals surface area (Å²) in [6, 6.07) is 1.74. The summed E-state index contributed by atoms with van der Waals surface area (Å²) in [5, 5.41) is 0. The summed E-state index contributed by atoms with van der Waals surface area (Å²) in [5.74, 6) is -1.13. The molecule has 0 saturated carbocycles. The molecule has 1 aliphatic rings. The number of methoxy groups -OCH3 is 2. The van der Waals surface area contributed by atoms with Crippen molar-refractivity contribution < 1.29 is 23.9 Å². The van der Waals surface area contributed by atoms with Gasteiger partial charge in [0.25, 0.3) is 0 Å². The monoisotopic (exact) mass is 362 g/mol. The molecule has 2 rings (SSSR count). The molecule has 0 amide bonds. The zero-order valence-corrected chi connectivity index (χ0v) is 16.8. The molecular formula is C19H26O5Si. The van der Waals surface area contributed by atoms with Crippen LogP contribution >= 0.6 is 0 Å². The molecular weight excluding hydrogens is 336 g/mol. The molecule has 0 N–H and O–H groups in total. The van der Waals surface area contributed by atoms with Gasteiger partial charge in [0.05, 0.1) is 33.4 Å². The quantitative estimate of drug-likeness (QED) is 0.594. The van der Waals surface area contributed by atoms with Crippen LogP contribution in [0.25, 0.3) is 0 Å². The number of hydrogen-bond acceptors (Lipinski definition) is 5. The number of ketones is 1. The smallest absolute Gasteiger partial charge is 0.339 e. The second kappa shape index (κ2) is 7.12. The van der Waals surface area contributed by atoms with Gasteiger partial charge < -0.3 is 9.47 Å². The van der Waals surface area contributed by atoms with Crippen molar-refractivity contribution in [3.8, 4) is 0 Å². The fraction of sp³-hybridized carbons (Fsp3) is 0.526. The molecule has 0 bridgehead atoms. The van der Waals surface area contributed by atoms with E-state index in [1.807, 2.05) is 0 Å². The number of benzene rings is 1. The Balaban J connectivity index is 2.93. The van der Waals surface area contributed by atoms with Crippen LogP contribution in [0.4, 0.5) is 0 Å². The van der Waals surface area contributed by atoms with E-state index < -0.39 is 20.0 Å². The Morgan fingerprint density at radius 3 is 2.12 bits per heavy atom. The maximum Gasteiger partial charge on any atom is 0.339 e. The highest BCUT2D eigenvalue weighted by Gasteiger charge is 2.40. The third-order valence-corrected chi connectivity index (χ3v) is 7.23. The number of esters is 2. The molecule has 1 aromatic rings. The maximum absolute atomic E-state index is 12.6. The van der Waals surface area contributed by atoms with Crippen molar-refractivity contribution in [2.75, 3.05) is 14.2 Å². The summed E-state index contributed by atoms with van der Waals surface area (Å²) in [6.45, 7) is 7.88. The van der Waals surface area contributed by atoms with Crippen LogP contribution in [-0.2, 0) is 27.1 Å². The van der Waals surface area contributed by atoms with E-state index in [-0.39, 0.29) is 22.5 Å². The van der Waals surface area contributed by atoms with E-state index in [0.717, 1.165) is 30.4 Å². The molecule has 1 atom stereocenters. The van der Waals surface area contributed by atoms with Gasteiger partial charge in [-0.05, 0) is 48.9 Å². The van der Waals surface area contributed by atoms with Gasteiger partial charge in [-0.1, -0.05) is 19.6 Å². The molecule has 0 fully saturated rings. The molecule has 5 nitrogen and oxygen atoms in total. The predicted octanol–water partition coefficient (Wildman–Crippen LogP) is 3.30. The molecule has 136 valence electrons. The van der Waals surface area contributed by atoms with Crippen molar-refractivity contribution in [2.24, 2.45) is 0 Å². The molecule has 25 heavy (non-hydrogen) atoms. The van der Waals surface area contributed by atoms with Crippen LogP contribution in [0.3, 0.4) is 0 Å². The summed E-state index contributed by atoms with van der Waals surface area (Å²) >= 11 is 0. The number of aryl methyl sites for hydroxylation is 1. The van der Waals surface area contributed by atoms with Gasteiger partial charge in [0.1, 0.15) is 5.78 Å². The van der Waals surface area contributed by atoms with Crippen molar-refractivity contribution in [3.05, 3.63) is 33.9 Å². The first-order chi connectivity index (χ1) is 11.6. The van der Waals surface area contributed by atoms with Crippen LogP contribution in [0.2, 0.25) is 19.6 Å². The highest BCUT2D eigenvalue weighted by Crippen LogP contribution is 2.40. The first kappa shape index (κ1) is 19.4. The summed E-state index contributed by atoms with van der Waals surface area (Å²) < 4.78 is 9.86. The Bertz CT molecular complexity index is 730. The van der Waals surface area contributed by atoms with Crippen LogP contribution in [0, 0.1) is 0 Å². The summed E-state index contributed by atoms with van der Waals surface area (Å²) in [7, 11) is 0.578. The van der Waals surface area contributed by atoms with Crippen molar-refractivity contribution in [1.82, 2.24) is 0 Å². The second-order valence-electron chi connectivity index (χ2n) is 7.60. The molecule has 6 heteroatoms. The molecule has 0 spiro atoms. The van der Waals surface area contributed by atoms with Gasteiger partial charge in [-0.15, -0.1) is 0 Å². The third kappa shape index (κ3) is 3.54. The van der Waals surface area contributed by atoms with Gasteiger partial charge >= 0.3 is 11.9 Å². The van der Waals surface area contributed by atoms with E-state index in [9.17, 15) is 14.4 Å². The number of ether oxygens (including phenoxy) is 2. The summed E-state index contributed by atoms with van der Waals surface area (Å²) in [6.07, 6.45) is 2.60. The molecule has 0 aliphatic heterocycles. The lowest BCUT2D eigenvalue weighted by atomic mass is 9.89. The molecule has 0 aromatic heterocycles. The van der Waals surface area contributed by atoms with E-state index in [1.54, 1.807) is 13.0 Å². The molecule has 0 heterocycles. The van der Waals surface area contributed by atoms with Gasteiger partial charge in [0, 0.05) is 5.54 Å². The van der Waals surface area contributed by atoms with Crippen LogP contribution in [-0.4, -0.2) is 40.0 Å². The van der Waals surface area contributed by atoms with E-state index in [4.69, 9.17) is 9.47 Å². The minimum Gasteiger partial charge on any atom is -0.465 e. The van der Waals surface area contributed by atoms with Gasteiger partial charge in [0.15, 0.2) is 0 Å². The van der Waals surface area contributed by atoms with E-state index in [0.29, 0.717) is 5.56 Å². The SMILES string of the molecule is COC(=O)c1cc2c(c(C(C(C)=O)[Si](C)(C)C)c1C(=O)OC)CCC2. The van der Waals surface area contributed by atoms with Gasteiger partial charge in [0.2, 0.25) is 0 Å². The van der Waals surface area contributed by atoms with Crippen LogP contribution in [0.15, 0.2) is 6.07 Å². The molecule has 1 aliphatic carbocycles. The van der Waals surface area contributed by atoms with E-state index >= 15 is 0 Å². The van der Waals surface area contributed by atoms with Gasteiger partial charge in [-0.3, -0.25) is 4.79 Å². The number of rotatable bonds is 5. The Hall–Kier alpha value is -1.95. The van der Waals surface area contributed by atoms with Crippen LogP contribution < -0.4 is 0 Å². The molecule has 0 saturated heterocycles. The fourth-order valence-corrected chi connectivity index (χ4v) is 6.34. The standard InChI is InChI=1S/C19H26O5Si/c1-11(20)17(25(4,5)6)15-13-9-7-8-12(13)10-14(18(21)23-2)16(15)19(22)24-3/h10,17H,7-9H2,1-6H3. The Kier molecular flexibility index (Phi) is 5.51. The average Bonchev–Trinajstić information content (AvgIpc) is 2.99. The Morgan fingerprint density at radius 1 is 1.04 bits per heavy atom. The first-order valence-electron chi connectivity index (χ1n) is 8.49. The normalized spacial score (nSPS) is 14.6. The Labute approximate surface area is 149 Å². The number of hydrogen-bond donors (Lipinski definition) is 0. The first-order valence-corrected chi connectivity index (χ1v) is 12.1. The van der Waals surface area contributed by atoms with Crippen molar-refractivity contribution in [1.29, 1.82) is 0 Å². The number of carbonyl (C=O) groups is 3. The summed E-state index contributed by atoms with van der Waals surface area (Å²) in [4.78, 5) is 37.5. The predicted molar refractivity (Wildman–Crippen MR) is 97.9 cm³/mol. The van der Waals surface area contributed by atoms with E-state index in [1.165, 1.54) is 14.2 Å². The zero-order chi connectivity index (χ0) is 18.9. The van der Waals surface area contributed by atoms with Crippen molar-refractivity contribution >= 4 is 25.8 Å². The van der Waals surface area contributed by atoms with Gasteiger partial charge in [-0.25, -0.2) is 9.59 Å². The topological polar surface area (TPSA) is 69.7 Å². The van der Waals surface area contributed by atoms with Crippen molar-refractivity contribution in [2.45, 2.75) is 51.4 Å². The second-order valence-corrected chi connectivity index (χ2v) is 12.9. The van der Waals surface area contributed by atoms with Crippen LogP contribution in [0.1, 0.15) is 56.3 Å². The molecule has 0 radical (unpaired) electrons. The minimum absolute atomic E-state index is 0.0282. The number of carbonyl (C=O) groups excluding carboxylic acids is 3. The summed E-state index contributed by atoms with van der Waals surface area (Å²) in [5.41, 5.74) is 2.82.